The van der Waals surface area contributed by atoms with Crippen LogP contribution in [0, 0.1) is 0 Å². The van der Waals surface area contributed by atoms with Gasteiger partial charge in [0, 0.05) is 6.54 Å². The molecule has 1 amide bonds. The third-order valence-corrected chi connectivity index (χ3v) is 3.47. The number of nitrogens with one attached hydrogen (secondary N) is 1. The van der Waals surface area contributed by atoms with Crippen molar-refractivity contribution in [1.82, 2.24) is 4.98 Å². The molecule has 6 nitrogen and oxygen atoms in total. The first-order valence-corrected chi connectivity index (χ1v) is 6.18. The van der Waals surface area contributed by atoms with E-state index in [0.29, 0.717) is 34.6 Å². The van der Waals surface area contributed by atoms with E-state index in [2.05, 4.69) is 10.4 Å². The highest BCUT2D eigenvalue weighted by atomic mass is 35.5. The van der Waals surface area contributed by atoms with E-state index in [1.165, 1.54) is 6.07 Å². The second kappa shape index (κ2) is 5.17. The van der Waals surface area contributed by atoms with E-state index >= 15 is 0 Å². The third-order valence-electron chi connectivity index (χ3n) is 2.90. The fourth-order valence-corrected chi connectivity index (χ4v) is 2.60. The number of pyridine rings is 1. The largest absolute Gasteiger partial charge is 0.368 e. The number of amides is 1. The summed E-state index contributed by atoms with van der Waals surface area (Å²) in [6.45, 7) is 0.673. The van der Waals surface area contributed by atoms with Crippen LogP contribution in [0.3, 0.4) is 0 Å². The summed E-state index contributed by atoms with van der Waals surface area (Å²) in [6.07, 6.45) is 1.56. The molecule has 1 fully saturated rings. The lowest BCUT2D eigenvalue weighted by atomic mass is 10.2. The summed E-state index contributed by atoms with van der Waals surface area (Å²) in [4.78, 5) is 17.4. The third kappa shape index (κ3) is 2.31. The Morgan fingerprint density at radius 1 is 1.50 bits per heavy atom. The van der Waals surface area contributed by atoms with Crippen LogP contribution >= 0.6 is 23.2 Å². The molecule has 0 radical (unpaired) electrons. The molecule has 1 aromatic rings. The zero-order valence-corrected chi connectivity index (χ0v) is 11.0. The molecule has 0 saturated carbocycles. The van der Waals surface area contributed by atoms with Crippen molar-refractivity contribution in [1.29, 1.82) is 0 Å². The molecule has 18 heavy (non-hydrogen) atoms. The monoisotopic (exact) mass is 289 g/mol. The van der Waals surface area contributed by atoms with Crippen LogP contribution in [-0.2, 0) is 4.79 Å². The Labute approximate surface area is 114 Å². The van der Waals surface area contributed by atoms with E-state index < -0.39 is 0 Å². The standard InChI is InChI=1S/C10H13Cl2N5O/c11-5-4-6(12)10(15-9(5)16-14)17-3-1-2-7(17)8(13)18/h4,7H,1-3,14H2,(H2,13,18)(H,15,16). The maximum absolute atomic E-state index is 11.4. The number of nitrogen functional groups attached to an aromatic ring is 1. The van der Waals surface area contributed by atoms with Gasteiger partial charge in [0.25, 0.3) is 0 Å². The molecule has 1 aliphatic rings. The highest BCUT2D eigenvalue weighted by Crippen LogP contribution is 2.34. The second-order valence-corrected chi connectivity index (χ2v) is 4.84. The molecule has 1 aliphatic heterocycles. The second-order valence-electron chi connectivity index (χ2n) is 4.02. The number of rotatable bonds is 3. The number of anilines is 2. The summed E-state index contributed by atoms with van der Waals surface area (Å²) in [5.41, 5.74) is 7.74. The number of aromatic nitrogens is 1. The molecule has 0 bridgehead atoms. The normalized spacial score (nSPS) is 19.1. The van der Waals surface area contributed by atoms with Gasteiger partial charge in [0.05, 0.1) is 10.0 Å². The maximum atomic E-state index is 11.4. The van der Waals surface area contributed by atoms with Crippen LogP contribution in [0.25, 0.3) is 0 Å². The summed E-state index contributed by atoms with van der Waals surface area (Å²) >= 11 is 12.0. The molecule has 1 unspecified atom stereocenters. The topological polar surface area (TPSA) is 97.3 Å². The first-order chi connectivity index (χ1) is 8.54. The average Bonchev–Trinajstić information content (AvgIpc) is 2.78. The van der Waals surface area contributed by atoms with Gasteiger partial charge in [-0.3, -0.25) is 4.79 Å². The molecule has 0 aromatic carbocycles. The molecule has 1 saturated heterocycles. The number of hydrogen-bond donors (Lipinski definition) is 3. The van der Waals surface area contributed by atoms with Crippen molar-refractivity contribution >= 4 is 40.7 Å². The van der Waals surface area contributed by atoms with Gasteiger partial charge in [-0.05, 0) is 18.9 Å². The number of nitrogens with zero attached hydrogens (tertiary/aromatic N) is 2. The van der Waals surface area contributed by atoms with Crippen molar-refractivity contribution < 1.29 is 4.79 Å². The van der Waals surface area contributed by atoms with Gasteiger partial charge in [-0.25, -0.2) is 10.8 Å². The highest BCUT2D eigenvalue weighted by molar-refractivity contribution is 6.37. The lowest BCUT2D eigenvalue weighted by molar-refractivity contribution is -0.119. The minimum atomic E-state index is -0.387. The molecule has 0 spiro atoms. The number of carbonyl (C=O) groups excluding carboxylic acids is 1. The molecule has 0 aliphatic carbocycles. The number of carbonyl (C=O) groups is 1. The van der Waals surface area contributed by atoms with Crippen LogP contribution in [0.4, 0.5) is 11.6 Å². The summed E-state index contributed by atoms with van der Waals surface area (Å²) in [5.74, 6) is 5.71. The molecule has 2 rings (SSSR count). The molecule has 8 heteroatoms. The molecule has 5 N–H and O–H groups in total. The zero-order chi connectivity index (χ0) is 13.3. The first kappa shape index (κ1) is 13.2. The molecule has 2 heterocycles. The van der Waals surface area contributed by atoms with Crippen LogP contribution in [0.1, 0.15) is 12.8 Å². The molecular weight excluding hydrogens is 277 g/mol. The van der Waals surface area contributed by atoms with E-state index in [1.54, 1.807) is 4.90 Å². The summed E-state index contributed by atoms with van der Waals surface area (Å²) in [5, 5.41) is 0.688. The lowest BCUT2D eigenvalue weighted by Gasteiger charge is -2.24. The number of primary amides is 1. The number of nitrogens with two attached hydrogens (primary N) is 2. The summed E-state index contributed by atoms with van der Waals surface area (Å²) < 4.78 is 0. The SMILES string of the molecule is NNc1nc(N2CCCC2C(N)=O)c(Cl)cc1Cl. The van der Waals surface area contributed by atoms with Crippen molar-refractivity contribution in [2.24, 2.45) is 11.6 Å². The zero-order valence-electron chi connectivity index (χ0n) is 9.49. The molecule has 1 atom stereocenters. The van der Waals surface area contributed by atoms with Crippen LogP contribution in [0.5, 0.6) is 0 Å². The van der Waals surface area contributed by atoms with Crippen LogP contribution in [0.15, 0.2) is 6.07 Å². The van der Waals surface area contributed by atoms with Crippen molar-refractivity contribution in [3.05, 3.63) is 16.1 Å². The van der Waals surface area contributed by atoms with E-state index in [1.807, 2.05) is 0 Å². The van der Waals surface area contributed by atoms with Crippen molar-refractivity contribution in [2.75, 3.05) is 16.9 Å². The quantitative estimate of drug-likeness (QED) is 0.572. The summed E-state index contributed by atoms with van der Waals surface area (Å²) in [6, 6.07) is 1.15. The Bertz CT molecular complexity index is 482. The lowest BCUT2D eigenvalue weighted by Crippen LogP contribution is -2.41. The number of halogens is 2. The Kier molecular flexibility index (Phi) is 3.79. The highest BCUT2D eigenvalue weighted by Gasteiger charge is 2.31. The predicted octanol–water partition coefficient (Wildman–Crippen LogP) is 1.13. The minimum Gasteiger partial charge on any atom is -0.368 e. The first-order valence-electron chi connectivity index (χ1n) is 5.43. The number of hydrazine groups is 1. The van der Waals surface area contributed by atoms with Crippen LogP contribution in [0.2, 0.25) is 10.0 Å². The summed E-state index contributed by atoms with van der Waals surface area (Å²) in [7, 11) is 0. The number of hydrogen-bond acceptors (Lipinski definition) is 5. The van der Waals surface area contributed by atoms with Gasteiger partial charge in [0.2, 0.25) is 5.91 Å². The van der Waals surface area contributed by atoms with Gasteiger partial charge in [-0.1, -0.05) is 23.2 Å². The molecule has 1 aromatic heterocycles. The minimum absolute atomic E-state index is 0.311. The van der Waals surface area contributed by atoms with Gasteiger partial charge < -0.3 is 16.1 Å². The van der Waals surface area contributed by atoms with Crippen LogP contribution < -0.4 is 21.9 Å². The maximum Gasteiger partial charge on any atom is 0.240 e. The Hall–Kier alpha value is -1.24. The smallest absolute Gasteiger partial charge is 0.240 e. The van der Waals surface area contributed by atoms with E-state index in [9.17, 15) is 4.79 Å². The fourth-order valence-electron chi connectivity index (χ4n) is 2.08. The van der Waals surface area contributed by atoms with E-state index in [-0.39, 0.29) is 11.9 Å². The Balaban J connectivity index is 2.41. The fraction of sp³-hybridized carbons (Fsp3) is 0.400. The Morgan fingerprint density at radius 2 is 2.22 bits per heavy atom. The van der Waals surface area contributed by atoms with E-state index in [0.717, 1.165) is 6.42 Å². The molecular formula is C10H13Cl2N5O. The van der Waals surface area contributed by atoms with Crippen LogP contribution in [-0.4, -0.2) is 23.5 Å². The van der Waals surface area contributed by atoms with Gasteiger partial charge in [-0.2, -0.15) is 0 Å². The van der Waals surface area contributed by atoms with Gasteiger partial charge in [0.15, 0.2) is 11.6 Å². The van der Waals surface area contributed by atoms with Crippen molar-refractivity contribution in [3.8, 4) is 0 Å². The average molecular weight is 290 g/mol. The van der Waals surface area contributed by atoms with E-state index in [4.69, 9.17) is 34.8 Å². The van der Waals surface area contributed by atoms with Gasteiger partial charge >= 0.3 is 0 Å². The van der Waals surface area contributed by atoms with Gasteiger partial charge in [-0.15, -0.1) is 0 Å². The van der Waals surface area contributed by atoms with Crippen molar-refractivity contribution in [3.63, 3.8) is 0 Å². The van der Waals surface area contributed by atoms with Gasteiger partial charge in [0.1, 0.15) is 6.04 Å². The van der Waals surface area contributed by atoms with Crippen molar-refractivity contribution in [2.45, 2.75) is 18.9 Å². The Morgan fingerprint density at radius 3 is 2.83 bits per heavy atom. The predicted molar refractivity (Wildman–Crippen MR) is 71.6 cm³/mol. The molecule has 98 valence electrons.